The van der Waals surface area contributed by atoms with Gasteiger partial charge in [-0.05, 0) is 38.8 Å². The zero-order valence-corrected chi connectivity index (χ0v) is 18.4. The lowest BCUT2D eigenvalue weighted by atomic mass is 10.2. The van der Waals surface area contributed by atoms with Crippen molar-refractivity contribution in [2.75, 3.05) is 25.5 Å². The van der Waals surface area contributed by atoms with Crippen molar-refractivity contribution in [1.82, 2.24) is 25.4 Å². The minimum Gasteiger partial charge on any atom is -0.370 e. The number of hydrogen-bond acceptors (Lipinski definition) is 4. The van der Waals surface area contributed by atoms with E-state index in [9.17, 15) is 0 Å². The van der Waals surface area contributed by atoms with Crippen LogP contribution in [0.1, 0.15) is 29.8 Å². The highest BCUT2D eigenvalue weighted by Crippen LogP contribution is 2.10. The summed E-state index contributed by atoms with van der Waals surface area (Å²) in [7, 11) is 3.76. The molecule has 0 aliphatic heterocycles. The van der Waals surface area contributed by atoms with Crippen LogP contribution in [-0.2, 0) is 13.6 Å². The Kier molecular flexibility index (Phi) is 10.0. The van der Waals surface area contributed by atoms with E-state index < -0.39 is 0 Å². The van der Waals surface area contributed by atoms with E-state index >= 15 is 0 Å². The smallest absolute Gasteiger partial charge is 0.191 e. The molecular formula is C18H30IN7. The molecule has 0 spiro atoms. The van der Waals surface area contributed by atoms with Crippen LogP contribution in [0.5, 0.6) is 0 Å². The predicted molar refractivity (Wildman–Crippen MR) is 118 cm³/mol. The summed E-state index contributed by atoms with van der Waals surface area (Å²) in [6, 6.07) is 5.88. The maximum atomic E-state index is 4.44. The molecule has 0 amide bonds. The van der Waals surface area contributed by atoms with E-state index in [1.807, 2.05) is 36.9 Å². The van der Waals surface area contributed by atoms with Gasteiger partial charge in [-0.25, -0.2) is 4.98 Å². The molecule has 2 aromatic heterocycles. The van der Waals surface area contributed by atoms with Gasteiger partial charge in [-0.3, -0.25) is 9.67 Å². The molecule has 0 atom stereocenters. The van der Waals surface area contributed by atoms with Gasteiger partial charge < -0.3 is 16.0 Å². The summed E-state index contributed by atoms with van der Waals surface area (Å²) in [6.45, 7) is 6.65. The van der Waals surface area contributed by atoms with Crippen molar-refractivity contribution in [3.8, 4) is 0 Å². The molecule has 2 rings (SSSR count). The minimum absolute atomic E-state index is 0. The molecule has 7 nitrogen and oxygen atoms in total. The Morgan fingerprint density at radius 3 is 2.54 bits per heavy atom. The lowest BCUT2D eigenvalue weighted by molar-refractivity contribution is 0.709. The summed E-state index contributed by atoms with van der Waals surface area (Å²) in [5, 5.41) is 14.5. The lowest BCUT2D eigenvalue weighted by Crippen LogP contribution is -2.37. The first-order valence-electron chi connectivity index (χ1n) is 8.70. The van der Waals surface area contributed by atoms with E-state index in [4.69, 9.17) is 0 Å². The number of unbranched alkanes of at least 4 members (excludes halogenated alkanes) is 1. The minimum atomic E-state index is 0. The van der Waals surface area contributed by atoms with Gasteiger partial charge in [-0.1, -0.05) is 6.07 Å². The fourth-order valence-corrected chi connectivity index (χ4v) is 2.61. The molecule has 0 unspecified atom stereocenters. The molecule has 2 heterocycles. The number of hydrogen-bond donors (Lipinski definition) is 3. The molecule has 144 valence electrons. The van der Waals surface area contributed by atoms with E-state index in [-0.39, 0.29) is 24.0 Å². The molecule has 0 fully saturated rings. The predicted octanol–water partition coefficient (Wildman–Crippen LogP) is 2.61. The van der Waals surface area contributed by atoms with Crippen LogP contribution in [0.3, 0.4) is 0 Å². The van der Waals surface area contributed by atoms with Gasteiger partial charge in [0, 0.05) is 51.2 Å². The van der Waals surface area contributed by atoms with Crippen LogP contribution in [0.25, 0.3) is 0 Å². The highest BCUT2D eigenvalue weighted by atomic mass is 127. The van der Waals surface area contributed by atoms with Crippen LogP contribution >= 0.6 is 24.0 Å². The molecule has 0 bridgehead atoms. The summed E-state index contributed by atoms with van der Waals surface area (Å²) < 4.78 is 1.91. The van der Waals surface area contributed by atoms with Gasteiger partial charge in [0.25, 0.3) is 0 Å². The third-order valence-corrected chi connectivity index (χ3v) is 4.18. The van der Waals surface area contributed by atoms with Crippen molar-refractivity contribution >= 4 is 35.8 Å². The normalized spacial score (nSPS) is 11.0. The number of pyridine rings is 1. The molecule has 0 aliphatic rings. The van der Waals surface area contributed by atoms with E-state index in [0.717, 1.165) is 49.9 Å². The Morgan fingerprint density at radius 2 is 1.92 bits per heavy atom. The van der Waals surface area contributed by atoms with E-state index in [1.54, 1.807) is 13.2 Å². The van der Waals surface area contributed by atoms with Crippen molar-refractivity contribution in [3.05, 3.63) is 41.3 Å². The van der Waals surface area contributed by atoms with Gasteiger partial charge >= 0.3 is 0 Å². The Hall–Kier alpha value is -1.84. The van der Waals surface area contributed by atoms with Crippen molar-refractivity contribution in [2.24, 2.45) is 12.0 Å². The first-order valence-corrected chi connectivity index (χ1v) is 8.70. The average molecular weight is 471 g/mol. The number of halogens is 1. The molecule has 0 aliphatic carbocycles. The number of aromatic nitrogens is 3. The quantitative estimate of drug-likeness (QED) is 0.239. The van der Waals surface area contributed by atoms with Crippen LogP contribution in [0, 0.1) is 13.8 Å². The van der Waals surface area contributed by atoms with Crippen molar-refractivity contribution in [2.45, 2.75) is 33.2 Å². The Morgan fingerprint density at radius 1 is 1.15 bits per heavy atom. The third kappa shape index (κ3) is 6.81. The molecule has 26 heavy (non-hydrogen) atoms. The second-order valence-electron chi connectivity index (χ2n) is 5.97. The number of anilines is 1. The van der Waals surface area contributed by atoms with Gasteiger partial charge in [0.2, 0.25) is 0 Å². The van der Waals surface area contributed by atoms with E-state index in [2.05, 4.69) is 37.9 Å². The summed E-state index contributed by atoms with van der Waals surface area (Å²) in [5.41, 5.74) is 3.47. The molecule has 8 heteroatoms. The highest BCUT2D eigenvalue weighted by molar-refractivity contribution is 14.0. The first-order chi connectivity index (χ1) is 12.1. The van der Waals surface area contributed by atoms with Gasteiger partial charge in [0.15, 0.2) is 5.96 Å². The van der Waals surface area contributed by atoms with Crippen LogP contribution in [0.4, 0.5) is 5.82 Å². The van der Waals surface area contributed by atoms with Gasteiger partial charge in [0.1, 0.15) is 5.82 Å². The fraction of sp³-hybridized carbons (Fsp3) is 0.500. The lowest BCUT2D eigenvalue weighted by Gasteiger charge is -2.12. The fourth-order valence-electron chi connectivity index (χ4n) is 2.61. The largest absolute Gasteiger partial charge is 0.370 e. The molecule has 0 saturated carbocycles. The maximum Gasteiger partial charge on any atom is 0.191 e. The molecule has 0 saturated heterocycles. The molecule has 0 aromatic carbocycles. The van der Waals surface area contributed by atoms with Crippen molar-refractivity contribution in [1.29, 1.82) is 0 Å². The molecule has 3 N–H and O–H groups in total. The second-order valence-corrected chi connectivity index (χ2v) is 5.97. The number of aryl methyl sites for hydroxylation is 2. The van der Waals surface area contributed by atoms with Gasteiger partial charge in [-0.15, -0.1) is 24.0 Å². The number of aliphatic imine (C=N–C) groups is 1. The first kappa shape index (κ1) is 22.2. The van der Waals surface area contributed by atoms with E-state index in [0.29, 0.717) is 0 Å². The summed E-state index contributed by atoms with van der Waals surface area (Å²) in [4.78, 5) is 8.52. The average Bonchev–Trinajstić information content (AvgIpc) is 2.87. The summed E-state index contributed by atoms with van der Waals surface area (Å²) in [5.74, 6) is 1.75. The second kappa shape index (κ2) is 11.7. The van der Waals surface area contributed by atoms with E-state index in [1.165, 1.54) is 11.3 Å². The maximum absolute atomic E-state index is 4.44. The van der Waals surface area contributed by atoms with Crippen LogP contribution in [0.2, 0.25) is 0 Å². The van der Waals surface area contributed by atoms with Crippen molar-refractivity contribution < 1.29 is 0 Å². The zero-order valence-electron chi connectivity index (χ0n) is 16.0. The Balaban J connectivity index is 0.00000338. The topological polar surface area (TPSA) is 79.2 Å². The van der Waals surface area contributed by atoms with Crippen LogP contribution in [0.15, 0.2) is 29.4 Å². The summed E-state index contributed by atoms with van der Waals surface area (Å²) in [6.07, 6.45) is 3.93. The van der Waals surface area contributed by atoms with Crippen LogP contribution < -0.4 is 16.0 Å². The third-order valence-electron chi connectivity index (χ3n) is 4.18. The zero-order chi connectivity index (χ0) is 18.1. The number of nitrogens with one attached hydrogen (secondary N) is 3. The molecule has 0 radical (unpaired) electrons. The Labute approximate surface area is 173 Å². The Bertz CT molecular complexity index is 682. The van der Waals surface area contributed by atoms with Gasteiger partial charge in [0.05, 0.1) is 5.69 Å². The molecule has 2 aromatic rings. The number of guanidine groups is 1. The summed E-state index contributed by atoms with van der Waals surface area (Å²) >= 11 is 0. The number of nitrogens with zero attached hydrogens (tertiary/aromatic N) is 4. The molecular weight excluding hydrogens is 441 g/mol. The number of rotatable bonds is 8. The standard InChI is InChI=1S/C18H29N7.HI/c1-14-16(15(2)25(4)24-14)13-23-18(19-3)22-12-8-7-11-21-17-9-5-6-10-20-17;/h5-6,9-10H,7-8,11-13H2,1-4H3,(H,20,21)(H2,19,22,23);1H. The highest BCUT2D eigenvalue weighted by Gasteiger charge is 2.09. The monoisotopic (exact) mass is 471 g/mol. The SMILES string of the molecule is CN=C(NCCCCNc1ccccn1)NCc1c(C)nn(C)c1C.I. The van der Waals surface area contributed by atoms with Crippen LogP contribution in [-0.4, -0.2) is 40.9 Å². The van der Waals surface area contributed by atoms with Gasteiger partial charge in [-0.2, -0.15) is 5.10 Å². The van der Waals surface area contributed by atoms with Crippen molar-refractivity contribution in [3.63, 3.8) is 0 Å².